The summed E-state index contributed by atoms with van der Waals surface area (Å²) in [5.74, 6) is 0.479. The number of carbonyl (C=O) groups excluding carboxylic acids is 1. The number of pyridine rings is 1. The van der Waals surface area contributed by atoms with Gasteiger partial charge in [0.1, 0.15) is 5.82 Å². The summed E-state index contributed by atoms with van der Waals surface area (Å²) in [6.45, 7) is 4.71. The van der Waals surface area contributed by atoms with Gasteiger partial charge in [0.05, 0.1) is 11.5 Å². The van der Waals surface area contributed by atoms with Crippen molar-refractivity contribution in [2.45, 2.75) is 13.8 Å². The van der Waals surface area contributed by atoms with Crippen LogP contribution in [0.4, 0.5) is 17.3 Å². The molecule has 8 nitrogen and oxygen atoms in total. The lowest BCUT2D eigenvalue weighted by molar-refractivity contribution is -0.384. The van der Waals surface area contributed by atoms with Crippen molar-refractivity contribution in [3.8, 4) is 0 Å². The highest BCUT2D eigenvalue weighted by atomic mass is 16.6. The highest BCUT2D eigenvalue weighted by Crippen LogP contribution is 2.22. The molecule has 1 aromatic rings. The van der Waals surface area contributed by atoms with Crippen molar-refractivity contribution >= 4 is 23.2 Å². The Morgan fingerprint density at radius 3 is 2.70 bits per heavy atom. The molecule has 1 heterocycles. The number of nitrogens with one attached hydrogen (secondary N) is 1. The first kappa shape index (κ1) is 15.7. The molecule has 0 saturated carbocycles. The molecular formula is C12H19N5O3. The van der Waals surface area contributed by atoms with E-state index < -0.39 is 4.92 Å². The third kappa shape index (κ3) is 4.38. The van der Waals surface area contributed by atoms with E-state index >= 15 is 0 Å². The Balaban J connectivity index is 2.68. The van der Waals surface area contributed by atoms with E-state index in [9.17, 15) is 14.9 Å². The smallest absolute Gasteiger partial charge is 0.311 e. The average Bonchev–Trinajstić information content (AvgIpc) is 2.35. The van der Waals surface area contributed by atoms with Crippen molar-refractivity contribution in [1.29, 1.82) is 0 Å². The van der Waals surface area contributed by atoms with Gasteiger partial charge >= 0.3 is 5.69 Å². The molecule has 1 amide bonds. The van der Waals surface area contributed by atoms with Crippen molar-refractivity contribution in [1.82, 2.24) is 10.3 Å². The minimum Gasteiger partial charge on any atom is -0.378 e. The van der Waals surface area contributed by atoms with Crippen LogP contribution in [0.3, 0.4) is 0 Å². The molecule has 1 aromatic heterocycles. The van der Waals surface area contributed by atoms with Gasteiger partial charge < -0.3 is 16.0 Å². The number of rotatable bonds is 6. The number of aromatic nitrogens is 1. The zero-order valence-electron chi connectivity index (χ0n) is 11.8. The zero-order chi connectivity index (χ0) is 15.3. The Hall–Kier alpha value is -2.38. The van der Waals surface area contributed by atoms with Crippen molar-refractivity contribution in [2.24, 2.45) is 5.92 Å². The summed E-state index contributed by atoms with van der Waals surface area (Å²) in [5.41, 5.74) is 5.27. The third-order valence-corrected chi connectivity index (χ3v) is 2.56. The number of amides is 1. The van der Waals surface area contributed by atoms with Gasteiger partial charge in [0.2, 0.25) is 11.7 Å². The number of nitro groups is 1. The number of hydrogen-bond acceptors (Lipinski definition) is 6. The molecule has 0 spiro atoms. The summed E-state index contributed by atoms with van der Waals surface area (Å²) in [4.78, 5) is 27.2. The Kier molecular flexibility index (Phi) is 5.24. The molecule has 0 aromatic carbocycles. The Morgan fingerprint density at radius 2 is 2.20 bits per heavy atom. The van der Waals surface area contributed by atoms with Crippen LogP contribution in [0.25, 0.3) is 0 Å². The van der Waals surface area contributed by atoms with Crippen LogP contribution >= 0.6 is 0 Å². The molecule has 0 aliphatic rings. The van der Waals surface area contributed by atoms with Crippen LogP contribution < -0.4 is 16.0 Å². The number of nitrogens with two attached hydrogens (primary N) is 1. The fourth-order valence-electron chi connectivity index (χ4n) is 1.49. The average molecular weight is 281 g/mol. The molecular weight excluding hydrogens is 262 g/mol. The predicted molar refractivity (Wildman–Crippen MR) is 76.4 cm³/mol. The fraction of sp³-hybridized carbons (Fsp3) is 0.500. The number of nitrogen functional groups attached to an aromatic ring is 1. The molecule has 0 atom stereocenters. The van der Waals surface area contributed by atoms with Crippen LogP contribution in [0, 0.1) is 16.0 Å². The monoisotopic (exact) mass is 281 g/mol. The van der Waals surface area contributed by atoms with Gasteiger partial charge in [-0.25, -0.2) is 4.98 Å². The summed E-state index contributed by atoms with van der Waals surface area (Å²) in [6.07, 6.45) is 0. The first-order chi connectivity index (χ1) is 9.31. The van der Waals surface area contributed by atoms with E-state index in [-0.39, 0.29) is 24.0 Å². The second-order valence-electron chi connectivity index (χ2n) is 4.88. The molecule has 0 unspecified atom stereocenters. The Bertz CT molecular complexity index is 504. The van der Waals surface area contributed by atoms with Gasteiger partial charge in [-0.1, -0.05) is 13.8 Å². The standard InChI is InChI=1S/C12H19N5O3/c1-8(2)6-14-11(18)7-16(3)10-5-4-9(17(19)20)12(13)15-10/h4-5,8H,6-7H2,1-3H3,(H2,13,15)(H,14,18). The quantitative estimate of drug-likeness (QED) is 0.588. The molecule has 8 heteroatoms. The van der Waals surface area contributed by atoms with Crippen molar-refractivity contribution in [2.75, 3.05) is 30.8 Å². The zero-order valence-corrected chi connectivity index (χ0v) is 11.8. The van der Waals surface area contributed by atoms with Crippen LogP contribution in [0.5, 0.6) is 0 Å². The van der Waals surface area contributed by atoms with Gasteiger partial charge in [-0.3, -0.25) is 14.9 Å². The molecule has 0 aliphatic carbocycles. The van der Waals surface area contributed by atoms with Gasteiger partial charge in [0.15, 0.2) is 0 Å². The second kappa shape index (κ2) is 6.69. The highest BCUT2D eigenvalue weighted by Gasteiger charge is 2.15. The van der Waals surface area contributed by atoms with Crippen molar-refractivity contribution in [3.05, 3.63) is 22.2 Å². The van der Waals surface area contributed by atoms with E-state index in [1.807, 2.05) is 13.8 Å². The van der Waals surface area contributed by atoms with Crippen molar-refractivity contribution < 1.29 is 9.72 Å². The molecule has 0 saturated heterocycles. The van der Waals surface area contributed by atoms with Crippen LogP contribution in [-0.4, -0.2) is 36.0 Å². The fourth-order valence-corrected chi connectivity index (χ4v) is 1.49. The number of likely N-dealkylation sites (N-methyl/N-ethyl adjacent to an activating group) is 1. The first-order valence-corrected chi connectivity index (χ1v) is 6.20. The third-order valence-electron chi connectivity index (χ3n) is 2.56. The molecule has 0 bridgehead atoms. The summed E-state index contributed by atoms with van der Waals surface area (Å²) in [6, 6.07) is 2.74. The maximum atomic E-state index is 11.7. The first-order valence-electron chi connectivity index (χ1n) is 6.20. The maximum Gasteiger partial charge on any atom is 0.311 e. The van der Waals surface area contributed by atoms with E-state index in [0.717, 1.165) is 0 Å². The topological polar surface area (TPSA) is 114 Å². The predicted octanol–water partition coefficient (Wildman–Crippen LogP) is 0.780. The Morgan fingerprint density at radius 1 is 1.55 bits per heavy atom. The van der Waals surface area contributed by atoms with E-state index in [0.29, 0.717) is 18.3 Å². The van der Waals surface area contributed by atoms with E-state index in [2.05, 4.69) is 10.3 Å². The summed E-state index contributed by atoms with van der Waals surface area (Å²) >= 11 is 0. The number of nitrogens with zero attached hydrogens (tertiary/aromatic N) is 3. The maximum absolute atomic E-state index is 11.7. The summed E-state index contributed by atoms with van der Waals surface area (Å²) < 4.78 is 0. The molecule has 110 valence electrons. The summed E-state index contributed by atoms with van der Waals surface area (Å²) in [7, 11) is 1.67. The Labute approximate surface area is 117 Å². The van der Waals surface area contributed by atoms with Crippen molar-refractivity contribution in [3.63, 3.8) is 0 Å². The SMILES string of the molecule is CC(C)CNC(=O)CN(C)c1ccc([N+](=O)[O-])c(N)n1. The van der Waals surface area contributed by atoms with Gasteiger partial charge in [-0.15, -0.1) is 0 Å². The normalized spacial score (nSPS) is 10.4. The van der Waals surface area contributed by atoms with Crippen LogP contribution in [0.2, 0.25) is 0 Å². The molecule has 20 heavy (non-hydrogen) atoms. The van der Waals surface area contributed by atoms with Crippen LogP contribution in [-0.2, 0) is 4.79 Å². The largest absolute Gasteiger partial charge is 0.378 e. The highest BCUT2D eigenvalue weighted by molar-refractivity contribution is 5.81. The van der Waals surface area contributed by atoms with E-state index in [1.165, 1.54) is 12.1 Å². The minimum atomic E-state index is -0.596. The molecule has 0 radical (unpaired) electrons. The van der Waals surface area contributed by atoms with Gasteiger partial charge in [0.25, 0.3) is 0 Å². The number of anilines is 2. The van der Waals surface area contributed by atoms with E-state index in [1.54, 1.807) is 11.9 Å². The molecule has 0 fully saturated rings. The summed E-state index contributed by atoms with van der Waals surface area (Å²) in [5, 5.41) is 13.4. The molecule has 3 N–H and O–H groups in total. The molecule has 1 rings (SSSR count). The second-order valence-corrected chi connectivity index (χ2v) is 4.88. The van der Waals surface area contributed by atoms with Gasteiger partial charge in [-0.05, 0) is 12.0 Å². The van der Waals surface area contributed by atoms with Gasteiger partial charge in [-0.2, -0.15) is 0 Å². The number of hydrogen-bond donors (Lipinski definition) is 2. The minimum absolute atomic E-state index is 0.108. The van der Waals surface area contributed by atoms with Crippen LogP contribution in [0.15, 0.2) is 12.1 Å². The lowest BCUT2D eigenvalue weighted by atomic mass is 10.2. The lowest BCUT2D eigenvalue weighted by Crippen LogP contribution is -2.37. The van der Waals surface area contributed by atoms with E-state index in [4.69, 9.17) is 5.73 Å². The van der Waals surface area contributed by atoms with Crippen LogP contribution in [0.1, 0.15) is 13.8 Å². The lowest BCUT2D eigenvalue weighted by Gasteiger charge is -2.18. The molecule has 0 aliphatic heterocycles. The number of carbonyl (C=O) groups is 1. The van der Waals surface area contributed by atoms with Gasteiger partial charge in [0, 0.05) is 19.7 Å².